The number of anilines is 3. The molecule has 3 heterocycles. The first kappa shape index (κ1) is 30.9. The van der Waals surface area contributed by atoms with E-state index in [4.69, 9.17) is 9.15 Å². The molecule has 12 rings (SSSR count). The van der Waals surface area contributed by atoms with E-state index in [9.17, 15) is 0 Å². The van der Waals surface area contributed by atoms with Gasteiger partial charge < -0.3 is 18.6 Å². The average Bonchev–Trinajstić information content (AvgIpc) is 3.82. The maximum Gasteiger partial charge on any atom is 0.152 e. The molecule has 0 bridgehead atoms. The van der Waals surface area contributed by atoms with Crippen molar-refractivity contribution in [1.82, 2.24) is 4.57 Å². The minimum Gasteiger partial charge on any atom is -0.456 e. The molecule has 11 aromatic rings. The first-order valence-electron chi connectivity index (χ1n) is 19.0. The zero-order chi connectivity index (χ0) is 36.7. The third-order valence-electron chi connectivity index (χ3n) is 11.4. The fourth-order valence-electron chi connectivity index (χ4n) is 8.85. The van der Waals surface area contributed by atoms with Crippen LogP contribution in [0.5, 0.6) is 11.5 Å². The lowest BCUT2D eigenvalue weighted by atomic mass is 9.96. The van der Waals surface area contributed by atoms with E-state index in [1.165, 1.54) is 43.8 Å². The number of fused-ring (bicyclic) bond motifs is 10. The summed E-state index contributed by atoms with van der Waals surface area (Å²) in [7, 11) is 0. The topological polar surface area (TPSA) is 30.5 Å². The summed E-state index contributed by atoms with van der Waals surface area (Å²) in [4.78, 5) is 2.29. The van der Waals surface area contributed by atoms with Gasteiger partial charge in [-0.1, -0.05) is 121 Å². The first-order chi connectivity index (χ1) is 27.8. The maximum atomic E-state index is 6.48. The number of rotatable bonds is 5. The number of ether oxygens (including phenoxy) is 1. The molecule has 1 aliphatic rings. The molecule has 0 N–H and O–H groups in total. The number of benzene rings is 9. The fourth-order valence-corrected chi connectivity index (χ4v) is 8.85. The Morgan fingerprint density at radius 2 is 1.09 bits per heavy atom. The Morgan fingerprint density at radius 1 is 0.411 bits per heavy atom. The second kappa shape index (κ2) is 12.0. The highest BCUT2D eigenvalue weighted by molar-refractivity contribution is 6.19. The summed E-state index contributed by atoms with van der Waals surface area (Å²) in [6.45, 7) is 0. The van der Waals surface area contributed by atoms with Crippen LogP contribution >= 0.6 is 0 Å². The molecule has 4 heteroatoms. The Labute approximate surface area is 322 Å². The van der Waals surface area contributed by atoms with Gasteiger partial charge in [0.25, 0.3) is 0 Å². The molecular formula is C52H32N2O2. The number of hydrogen-bond donors (Lipinski definition) is 0. The van der Waals surface area contributed by atoms with Crippen LogP contribution in [0.2, 0.25) is 0 Å². The monoisotopic (exact) mass is 716 g/mol. The van der Waals surface area contributed by atoms with Gasteiger partial charge in [0, 0.05) is 44.7 Å². The number of nitrogens with zero attached hydrogens (tertiary/aromatic N) is 2. The van der Waals surface area contributed by atoms with Gasteiger partial charge in [-0.15, -0.1) is 0 Å². The van der Waals surface area contributed by atoms with Crippen molar-refractivity contribution in [2.75, 3.05) is 4.90 Å². The van der Waals surface area contributed by atoms with Crippen LogP contribution in [0.3, 0.4) is 0 Å². The van der Waals surface area contributed by atoms with Crippen molar-refractivity contribution >= 4 is 71.6 Å². The number of furan rings is 1. The second-order valence-electron chi connectivity index (χ2n) is 14.5. The Morgan fingerprint density at radius 3 is 1.96 bits per heavy atom. The lowest BCUT2D eigenvalue weighted by Crippen LogP contribution is -2.09. The van der Waals surface area contributed by atoms with Crippen molar-refractivity contribution in [3.05, 3.63) is 194 Å². The van der Waals surface area contributed by atoms with E-state index in [1.54, 1.807) is 0 Å². The SMILES string of the molecule is c1ccc(N(c2ccc(-c3ccc(-c4cccc5c4c4cccc6c4n5-c4ccccc4O6)cc3)cc2)c2ccc3c(c2)oc2ccc4ccccc4c23)cc1. The van der Waals surface area contributed by atoms with Gasteiger partial charge >= 0.3 is 0 Å². The van der Waals surface area contributed by atoms with Gasteiger partial charge in [0.05, 0.1) is 16.7 Å². The Kier molecular flexibility index (Phi) is 6.60. The zero-order valence-corrected chi connectivity index (χ0v) is 30.2. The molecule has 262 valence electrons. The van der Waals surface area contributed by atoms with E-state index < -0.39 is 0 Å². The molecule has 0 spiro atoms. The second-order valence-corrected chi connectivity index (χ2v) is 14.5. The van der Waals surface area contributed by atoms with E-state index in [0.29, 0.717) is 0 Å². The molecule has 0 fully saturated rings. The van der Waals surface area contributed by atoms with Crippen molar-refractivity contribution in [3.8, 4) is 39.4 Å². The molecular weight excluding hydrogens is 685 g/mol. The van der Waals surface area contributed by atoms with Gasteiger partial charge in [-0.3, -0.25) is 0 Å². The van der Waals surface area contributed by atoms with E-state index in [-0.39, 0.29) is 0 Å². The lowest BCUT2D eigenvalue weighted by Gasteiger charge is -2.25. The van der Waals surface area contributed by atoms with Crippen LogP contribution in [-0.2, 0) is 0 Å². The number of para-hydroxylation sites is 4. The third-order valence-corrected chi connectivity index (χ3v) is 11.4. The summed E-state index contributed by atoms with van der Waals surface area (Å²) in [5, 5.41) is 7.13. The van der Waals surface area contributed by atoms with Gasteiger partial charge in [-0.05, 0) is 99.8 Å². The van der Waals surface area contributed by atoms with Gasteiger partial charge in [-0.25, -0.2) is 0 Å². The van der Waals surface area contributed by atoms with Gasteiger partial charge in [0.1, 0.15) is 11.2 Å². The molecule has 0 radical (unpaired) electrons. The van der Waals surface area contributed by atoms with E-state index in [1.807, 2.05) is 12.1 Å². The predicted octanol–water partition coefficient (Wildman–Crippen LogP) is 14.7. The average molecular weight is 717 g/mol. The molecule has 0 unspecified atom stereocenters. The summed E-state index contributed by atoms with van der Waals surface area (Å²) >= 11 is 0. The lowest BCUT2D eigenvalue weighted by molar-refractivity contribution is 0.476. The number of aromatic nitrogens is 1. The zero-order valence-electron chi connectivity index (χ0n) is 30.2. The summed E-state index contributed by atoms with van der Waals surface area (Å²) in [5.74, 6) is 1.76. The largest absolute Gasteiger partial charge is 0.456 e. The molecule has 0 saturated carbocycles. The van der Waals surface area contributed by atoms with Gasteiger partial charge in [0.15, 0.2) is 11.5 Å². The Balaban J connectivity index is 0.910. The smallest absolute Gasteiger partial charge is 0.152 e. The quantitative estimate of drug-likeness (QED) is 0.178. The van der Waals surface area contributed by atoms with Crippen LogP contribution in [0.4, 0.5) is 17.1 Å². The Hall–Kier alpha value is -7.56. The van der Waals surface area contributed by atoms with Gasteiger partial charge in [0.2, 0.25) is 0 Å². The minimum atomic E-state index is 0.873. The molecule has 4 nitrogen and oxygen atoms in total. The van der Waals surface area contributed by atoms with E-state index >= 15 is 0 Å². The summed E-state index contributed by atoms with van der Waals surface area (Å²) in [6, 6.07) is 68.9. The molecule has 1 aliphatic heterocycles. The summed E-state index contributed by atoms with van der Waals surface area (Å²) < 4.78 is 15.2. The van der Waals surface area contributed by atoms with Crippen LogP contribution < -0.4 is 9.64 Å². The summed E-state index contributed by atoms with van der Waals surface area (Å²) in [6.07, 6.45) is 0. The molecule has 0 saturated heterocycles. The van der Waals surface area contributed by atoms with E-state index in [2.05, 4.69) is 191 Å². The predicted molar refractivity (Wildman–Crippen MR) is 231 cm³/mol. The van der Waals surface area contributed by atoms with Crippen molar-refractivity contribution in [2.45, 2.75) is 0 Å². The van der Waals surface area contributed by atoms with Crippen LogP contribution in [0, 0.1) is 0 Å². The third kappa shape index (κ3) is 4.60. The first-order valence-corrected chi connectivity index (χ1v) is 19.0. The highest BCUT2D eigenvalue weighted by Gasteiger charge is 2.25. The molecule has 0 aliphatic carbocycles. The van der Waals surface area contributed by atoms with Crippen LogP contribution in [-0.4, -0.2) is 4.57 Å². The van der Waals surface area contributed by atoms with Crippen molar-refractivity contribution < 1.29 is 9.15 Å². The van der Waals surface area contributed by atoms with Crippen LogP contribution in [0.1, 0.15) is 0 Å². The fraction of sp³-hybridized carbons (Fsp3) is 0. The normalized spacial score (nSPS) is 12.1. The highest BCUT2D eigenvalue weighted by Crippen LogP contribution is 2.48. The summed E-state index contributed by atoms with van der Waals surface area (Å²) in [5.41, 5.74) is 13.0. The molecule has 9 aromatic carbocycles. The van der Waals surface area contributed by atoms with Gasteiger partial charge in [-0.2, -0.15) is 0 Å². The van der Waals surface area contributed by atoms with E-state index in [0.717, 1.165) is 67.3 Å². The van der Waals surface area contributed by atoms with Crippen molar-refractivity contribution in [1.29, 1.82) is 0 Å². The van der Waals surface area contributed by atoms with Crippen LogP contribution in [0.25, 0.3) is 82.5 Å². The Bertz CT molecular complexity index is 3320. The molecule has 56 heavy (non-hydrogen) atoms. The molecule has 0 atom stereocenters. The molecule has 2 aromatic heterocycles. The van der Waals surface area contributed by atoms with Crippen LogP contribution in [0.15, 0.2) is 199 Å². The maximum absolute atomic E-state index is 6.48. The molecule has 0 amide bonds. The van der Waals surface area contributed by atoms with Crippen molar-refractivity contribution in [2.24, 2.45) is 0 Å². The standard InChI is InChI=1S/C52H32N2O2/c1-2-11-37(12-3-1)53(39-29-30-42-49(32-39)56-47-31-26-35-10-4-5-13-41(35)51(42)47)38-27-24-34(25-28-38)33-20-22-36(23-21-33)40-14-8-17-45-50(40)43-15-9-19-48-52(43)54(45)44-16-6-7-18-46(44)55-48/h1-32H. The number of hydrogen-bond acceptors (Lipinski definition) is 3. The minimum absolute atomic E-state index is 0.873. The van der Waals surface area contributed by atoms with Crippen molar-refractivity contribution in [3.63, 3.8) is 0 Å². The highest BCUT2D eigenvalue weighted by atomic mass is 16.5.